The van der Waals surface area contributed by atoms with Gasteiger partial charge in [-0.1, -0.05) is 24.3 Å². The number of nitrogens with one attached hydrogen (secondary N) is 1. The van der Waals surface area contributed by atoms with Gasteiger partial charge in [-0.05, 0) is 12.1 Å². The van der Waals surface area contributed by atoms with Gasteiger partial charge in [-0.15, -0.1) is 24.0 Å². The van der Waals surface area contributed by atoms with Gasteiger partial charge in [0.25, 0.3) is 0 Å². The maximum absolute atomic E-state index is 5.68. The van der Waals surface area contributed by atoms with Gasteiger partial charge in [-0.3, -0.25) is 4.99 Å². The monoisotopic (exact) mass is 500 g/mol. The molecule has 28 heavy (non-hydrogen) atoms. The highest BCUT2D eigenvalue weighted by Crippen LogP contribution is 2.19. The van der Waals surface area contributed by atoms with Gasteiger partial charge in [-0.25, -0.2) is 4.98 Å². The molecular weight excluding hydrogens is 471 g/mol. The molecule has 0 bridgehead atoms. The number of methoxy groups -OCH3 is 2. The van der Waals surface area contributed by atoms with E-state index >= 15 is 0 Å². The number of para-hydroxylation sites is 1. The third kappa shape index (κ3) is 7.16. The number of guanidine groups is 1. The topological polar surface area (TPSA) is 68.2 Å². The molecule has 1 N–H and O–H groups in total. The van der Waals surface area contributed by atoms with Crippen LogP contribution >= 0.6 is 24.0 Å². The summed E-state index contributed by atoms with van der Waals surface area (Å²) in [6.45, 7) is 2.21. The first-order valence-electron chi connectivity index (χ1n) is 8.79. The van der Waals surface area contributed by atoms with Crippen molar-refractivity contribution in [2.45, 2.75) is 13.1 Å². The molecule has 1 aromatic carbocycles. The molecule has 0 aliphatic rings. The van der Waals surface area contributed by atoms with Gasteiger partial charge in [0.15, 0.2) is 5.96 Å². The Kier molecular flexibility index (Phi) is 11.3. The minimum Gasteiger partial charge on any atom is -0.496 e. The molecule has 0 aliphatic carbocycles. The zero-order chi connectivity index (χ0) is 19.5. The van der Waals surface area contributed by atoms with Crippen molar-refractivity contribution in [3.8, 4) is 11.6 Å². The third-order valence-corrected chi connectivity index (χ3v) is 3.99. The maximum Gasteiger partial charge on any atom is 0.218 e. The predicted octanol–water partition coefficient (Wildman–Crippen LogP) is 2.94. The summed E-state index contributed by atoms with van der Waals surface area (Å²) >= 11 is 0. The highest BCUT2D eigenvalue weighted by molar-refractivity contribution is 14.0. The van der Waals surface area contributed by atoms with Gasteiger partial charge in [0, 0.05) is 51.6 Å². The average molecular weight is 500 g/mol. The van der Waals surface area contributed by atoms with Crippen LogP contribution in [0.1, 0.15) is 11.1 Å². The van der Waals surface area contributed by atoms with E-state index in [2.05, 4.69) is 15.3 Å². The Hall–Kier alpha value is -2.07. The van der Waals surface area contributed by atoms with E-state index < -0.39 is 0 Å². The highest BCUT2D eigenvalue weighted by atomic mass is 127. The molecule has 0 spiro atoms. The number of hydrogen-bond acceptors (Lipinski definition) is 5. The first-order valence-corrected chi connectivity index (χ1v) is 8.79. The summed E-state index contributed by atoms with van der Waals surface area (Å²) in [5.74, 6) is 2.23. The number of rotatable bonds is 9. The Balaban J connectivity index is 0.00000392. The second-order valence-electron chi connectivity index (χ2n) is 5.88. The fraction of sp³-hybridized carbons (Fsp3) is 0.400. The van der Waals surface area contributed by atoms with Crippen LogP contribution in [0.4, 0.5) is 0 Å². The minimum atomic E-state index is 0. The number of pyridine rings is 1. The lowest BCUT2D eigenvalue weighted by atomic mass is 10.2. The Morgan fingerprint density at radius 3 is 2.57 bits per heavy atom. The Bertz CT molecular complexity index is 743. The van der Waals surface area contributed by atoms with Crippen LogP contribution in [-0.2, 0) is 17.8 Å². The SMILES string of the molecule is CN=C(NCc1cccnc1OCCOC)N(C)Cc1ccccc1OC.I. The molecule has 0 saturated carbocycles. The van der Waals surface area contributed by atoms with Crippen molar-refractivity contribution in [1.82, 2.24) is 15.2 Å². The van der Waals surface area contributed by atoms with Crippen molar-refractivity contribution >= 4 is 29.9 Å². The molecule has 0 saturated heterocycles. The minimum absolute atomic E-state index is 0. The zero-order valence-electron chi connectivity index (χ0n) is 16.8. The van der Waals surface area contributed by atoms with Crippen molar-refractivity contribution in [3.05, 3.63) is 53.7 Å². The molecule has 0 fully saturated rings. The Labute approximate surface area is 184 Å². The smallest absolute Gasteiger partial charge is 0.218 e. The van der Waals surface area contributed by atoms with Gasteiger partial charge in [0.2, 0.25) is 5.88 Å². The third-order valence-electron chi connectivity index (χ3n) is 3.99. The van der Waals surface area contributed by atoms with E-state index in [1.54, 1.807) is 27.5 Å². The molecular formula is C20H29IN4O3. The molecule has 8 heteroatoms. The Morgan fingerprint density at radius 1 is 1.11 bits per heavy atom. The molecule has 2 rings (SSSR count). The standard InChI is InChI=1S/C20H28N4O3.HI/c1-21-20(24(2)15-17-8-5-6-10-18(17)26-4)23-14-16-9-7-11-22-19(16)27-13-12-25-3;/h5-11H,12-15H2,1-4H3,(H,21,23);1H. The fourth-order valence-electron chi connectivity index (χ4n) is 2.63. The number of halogens is 1. The van der Waals surface area contributed by atoms with E-state index in [1.165, 1.54) is 0 Å². The second kappa shape index (κ2) is 13.2. The summed E-state index contributed by atoms with van der Waals surface area (Å²) < 4.78 is 16.1. The second-order valence-corrected chi connectivity index (χ2v) is 5.88. The molecule has 154 valence electrons. The summed E-state index contributed by atoms with van der Waals surface area (Å²) in [5, 5.41) is 3.36. The first kappa shape index (κ1) is 24.0. The van der Waals surface area contributed by atoms with Crippen LogP contribution in [0.3, 0.4) is 0 Å². The van der Waals surface area contributed by atoms with E-state index in [9.17, 15) is 0 Å². The molecule has 0 amide bonds. The normalized spacial score (nSPS) is 10.8. The molecule has 0 atom stereocenters. The molecule has 1 aromatic heterocycles. The van der Waals surface area contributed by atoms with Crippen LogP contribution in [0.5, 0.6) is 11.6 Å². The first-order chi connectivity index (χ1) is 13.2. The summed E-state index contributed by atoms with van der Waals surface area (Å²) in [5.41, 5.74) is 2.05. The number of hydrogen-bond donors (Lipinski definition) is 1. The van der Waals surface area contributed by atoms with Crippen molar-refractivity contribution in [2.24, 2.45) is 4.99 Å². The van der Waals surface area contributed by atoms with E-state index in [0.29, 0.717) is 32.2 Å². The van der Waals surface area contributed by atoms with E-state index in [-0.39, 0.29) is 24.0 Å². The molecule has 0 aliphatic heterocycles. The van der Waals surface area contributed by atoms with Crippen molar-refractivity contribution < 1.29 is 14.2 Å². The van der Waals surface area contributed by atoms with Crippen LogP contribution in [0.2, 0.25) is 0 Å². The average Bonchev–Trinajstić information content (AvgIpc) is 2.70. The summed E-state index contributed by atoms with van der Waals surface area (Å²) in [6.07, 6.45) is 1.72. The summed E-state index contributed by atoms with van der Waals surface area (Å²) in [6, 6.07) is 11.8. The number of ether oxygens (including phenoxy) is 3. The van der Waals surface area contributed by atoms with Crippen molar-refractivity contribution in [1.29, 1.82) is 0 Å². The largest absolute Gasteiger partial charge is 0.496 e. The van der Waals surface area contributed by atoms with Crippen molar-refractivity contribution in [2.75, 3.05) is 41.5 Å². The lowest BCUT2D eigenvalue weighted by Crippen LogP contribution is -2.38. The lowest BCUT2D eigenvalue weighted by molar-refractivity contribution is 0.143. The fourth-order valence-corrected chi connectivity index (χ4v) is 2.63. The molecule has 0 radical (unpaired) electrons. The van der Waals surface area contributed by atoms with Gasteiger partial charge in [-0.2, -0.15) is 0 Å². The number of benzene rings is 1. The Morgan fingerprint density at radius 2 is 1.86 bits per heavy atom. The number of nitrogens with zero attached hydrogens (tertiary/aromatic N) is 3. The van der Waals surface area contributed by atoms with Crippen LogP contribution in [0.15, 0.2) is 47.6 Å². The predicted molar refractivity (Wildman–Crippen MR) is 122 cm³/mol. The quantitative estimate of drug-likeness (QED) is 0.247. The van der Waals surface area contributed by atoms with E-state index in [1.807, 2.05) is 48.3 Å². The molecule has 0 unspecified atom stereocenters. The van der Waals surface area contributed by atoms with Gasteiger partial charge >= 0.3 is 0 Å². The summed E-state index contributed by atoms with van der Waals surface area (Å²) in [7, 11) is 7.08. The van der Waals surface area contributed by atoms with E-state index in [4.69, 9.17) is 14.2 Å². The molecule has 2 aromatic rings. The van der Waals surface area contributed by atoms with Gasteiger partial charge in [0.1, 0.15) is 12.4 Å². The molecule has 1 heterocycles. The maximum atomic E-state index is 5.68. The lowest BCUT2D eigenvalue weighted by Gasteiger charge is -2.23. The molecule has 7 nitrogen and oxygen atoms in total. The van der Waals surface area contributed by atoms with Crippen LogP contribution in [0, 0.1) is 0 Å². The zero-order valence-corrected chi connectivity index (χ0v) is 19.2. The number of aliphatic imine (C=N–C) groups is 1. The summed E-state index contributed by atoms with van der Waals surface area (Å²) in [4.78, 5) is 10.7. The van der Waals surface area contributed by atoms with Crippen LogP contribution in [0.25, 0.3) is 0 Å². The van der Waals surface area contributed by atoms with Crippen LogP contribution < -0.4 is 14.8 Å². The number of aromatic nitrogens is 1. The van der Waals surface area contributed by atoms with Crippen LogP contribution in [-0.4, -0.2) is 57.4 Å². The van der Waals surface area contributed by atoms with Gasteiger partial charge < -0.3 is 24.4 Å². The van der Waals surface area contributed by atoms with Crippen molar-refractivity contribution in [3.63, 3.8) is 0 Å². The van der Waals surface area contributed by atoms with E-state index in [0.717, 1.165) is 22.8 Å². The van der Waals surface area contributed by atoms with Gasteiger partial charge in [0.05, 0.1) is 13.7 Å². The highest BCUT2D eigenvalue weighted by Gasteiger charge is 2.11.